The largest absolute Gasteiger partial charge is 0.496 e. The maximum Gasteiger partial charge on any atom is 0.292 e. The molecular weight excluding hydrogens is 364 g/mol. The standard InChI is InChI=1S/C19H16N4O5/c1-28-17-9-5-2-6-13(17)15-10-19(25)22(12-20-15)11-18(24)21-14-7-3-4-8-16(14)23(26)27/h2-10,12H,11H2,1H3,(H,21,24). The number of methoxy groups -OCH3 is 1. The second-order valence-electron chi connectivity index (χ2n) is 5.76. The van der Waals surface area contributed by atoms with E-state index in [1.165, 1.54) is 37.7 Å². The number of ether oxygens (including phenoxy) is 1. The summed E-state index contributed by atoms with van der Waals surface area (Å²) in [6.07, 6.45) is 1.25. The van der Waals surface area contributed by atoms with Gasteiger partial charge < -0.3 is 10.1 Å². The Balaban J connectivity index is 1.80. The number of carbonyl (C=O) groups excluding carboxylic acids is 1. The minimum absolute atomic E-state index is 0.0594. The topological polar surface area (TPSA) is 116 Å². The molecule has 9 nitrogen and oxygen atoms in total. The zero-order valence-electron chi connectivity index (χ0n) is 14.9. The van der Waals surface area contributed by atoms with E-state index in [1.807, 2.05) is 0 Å². The van der Waals surface area contributed by atoms with Gasteiger partial charge in [0.15, 0.2) is 0 Å². The third-order valence-electron chi connectivity index (χ3n) is 3.95. The zero-order chi connectivity index (χ0) is 20.1. The van der Waals surface area contributed by atoms with E-state index in [4.69, 9.17) is 4.74 Å². The minimum Gasteiger partial charge on any atom is -0.496 e. The lowest BCUT2D eigenvalue weighted by Gasteiger charge is -2.10. The molecule has 28 heavy (non-hydrogen) atoms. The highest BCUT2D eigenvalue weighted by Gasteiger charge is 2.15. The van der Waals surface area contributed by atoms with Gasteiger partial charge in [0.1, 0.15) is 18.0 Å². The fraction of sp³-hybridized carbons (Fsp3) is 0.105. The number of hydrogen-bond donors (Lipinski definition) is 1. The third kappa shape index (κ3) is 4.04. The molecule has 0 spiro atoms. The van der Waals surface area contributed by atoms with Gasteiger partial charge in [0.2, 0.25) is 5.91 Å². The van der Waals surface area contributed by atoms with Gasteiger partial charge in [0.25, 0.3) is 11.2 Å². The molecule has 1 amide bonds. The lowest BCUT2D eigenvalue weighted by molar-refractivity contribution is -0.383. The molecule has 1 aromatic heterocycles. The van der Waals surface area contributed by atoms with Crippen LogP contribution in [-0.4, -0.2) is 27.5 Å². The van der Waals surface area contributed by atoms with Gasteiger partial charge in [-0.15, -0.1) is 0 Å². The van der Waals surface area contributed by atoms with Crippen LogP contribution in [0.4, 0.5) is 11.4 Å². The number of para-hydroxylation sites is 3. The lowest BCUT2D eigenvalue weighted by Crippen LogP contribution is -2.27. The lowest BCUT2D eigenvalue weighted by atomic mass is 10.1. The zero-order valence-corrected chi connectivity index (χ0v) is 14.9. The number of nitro benzene ring substituents is 1. The maximum absolute atomic E-state index is 12.4. The number of anilines is 1. The van der Waals surface area contributed by atoms with E-state index >= 15 is 0 Å². The van der Waals surface area contributed by atoms with Crippen LogP contribution in [0.25, 0.3) is 11.3 Å². The van der Waals surface area contributed by atoms with E-state index in [0.717, 1.165) is 4.57 Å². The molecule has 0 aliphatic carbocycles. The first-order valence-electron chi connectivity index (χ1n) is 8.22. The van der Waals surface area contributed by atoms with Crippen LogP contribution in [-0.2, 0) is 11.3 Å². The van der Waals surface area contributed by atoms with E-state index in [1.54, 1.807) is 30.3 Å². The number of nitrogens with zero attached hydrogens (tertiary/aromatic N) is 3. The van der Waals surface area contributed by atoms with Crippen LogP contribution in [0.5, 0.6) is 5.75 Å². The average Bonchev–Trinajstić information content (AvgIpc) is 2.69. The number of hydrogen-bond acceptors (Lipinski definition) is 6. The first kappa shape index (κ1) is 18.8. The first-order valence-corrected chi connectivity index (χ1v) is 8.22. The number of rotatable bonds is 6. The number of aromatic nitrogens is 2. The molecule has 0 saturated carbocycles. The summed E-state index contributed by atoms with van der Waals surface area (Å²) in [5.41, 5.74) is 0.460. The van der Waals surface area contributed by atoms with Gasteiger partial charge >= 0.3 is 0 Å². The Kier molecular flexibility index (Phi) is 5.45. The normalized spacial score (nSPS) is 10.3. The molecule has 0 atom stereocenters. The molecule has 2 aromatic carbocycles. The second-order valence-corrected chi connectivity index (χ2v) is 5.76. The summed E-state index contributed by atoms with van der Waals surface area (Å²) in [4.78, 5) is 39.2. The van der Waals surface area contributed by atoms with Crippen molar-refractivity contribution in [2.24, 2.45) is 0 Å². The number of benzene rings is 2. The molecular formula is C19H16N4O5. The molecule has 0 unspecified atom stereocenters. The van der Waals surface area contributed by atoms with Crippen molar-refractivity contribution in [3.63, 3.8) is 0 Å². The Morgan fingerprint density at radius 3 is 2.64 bits per heavy atom. The van der Waals surface area contributed by atoms with Crippen molar-refractivity contribution in [2.45, 2.75) is 6.54 Å². The van der Waals surface area contributed by atoms with Crippen molar-refractivity contribution in [1.82, 2.24) is 9.55 Å². The van der Waals surface area contributed by atoms with Gasteiger partial charge in [-0.05, 0) is 18.2 Å². The van der Waals surface area contributed by atoms with E-state index < -0.39 is 16.4 Å². The van der Waals surface area contributed by atoms with Crippen LogP contribution < -0.4 is 15.6 Å². The predicted molar refractivity (Wildman–Crippen MR) is 102 cm³/mol. The van der Waals surface area contributed by atoms with E-state index in [-0.39, 0.29) is 17.9 Å². The molecule has 3 aromatic rings. The summed E-state index contributed by atoms with van der Waals surface area (Å²) in [6, 6.07) is 14.2. The number of carbonyl (C=O) groups is 1. The monoisotopic (exact) mass is 380 g/mol. The smallest absolute Gasteiger partial charge is 0.292 e. The molecule has 0 saturated heterocycles. The molecule has 9 heteroatoms. The van der Waals surface area contributed by atoms with Gasteiger partial charge in [-0.25, -0.2) is 4.98 Å². The van der Waals surface area contributed by atoms with Gasteiger partial charge in [-0.2, -0.15) is 0 Å². The summed E-state index contributed by atoms with van der Waals surface area (Å²) >= 11 is 0. The number of nitro groups is 1. The molecule has 1 N–H and O–H groups in total. The van der Waals surface area contributed by atoms with Gasteiger partial charge in [-0.3, -0.25) is 24.3 Å². The Bertz CT molecular complexity index is 1090. The third-order valence-corrected chi connectivity index (χ3v) is 3.95. The van der Waals surface area contributed by atoms with Crippen LogP contribution >= 0.6 is 0 Å². The number of nitrogens with one attached hydrogen (secondary N) is 1. The Morgan fingerprint density at radius 1 is 1.21 bits per heavy atom. The first-order chi connectivity index (χ1) is 13.5. The molecule has 0 aliphatic heterocycles. The molecule has 0 radical (unpaired) electrons. The second kappa shape index (κ2) is 8.12. The molecule has 1 heterocycles. The van der Waals surface area contributed by atoms with Crippen molar-refractivity contribution in [1.29, 1.82) is 0 Å². The van der Waals surface area contributed by atoms with E-state index in [2.05, 4.69) is 10.3 Å². The van der Waals surface area contributed by atoms with Crippen molar-refractivity contribution < 1.29 is 14.5 Å². The van der Waals surface area contributed by atoms with E-state index in [9.17, 15) is 19.7 Å². The van der Waals surface area contributed by atoms with Crippen molar-refractivity contribution >= 4 is 17.3 Å². The van der Waals surface area contributed by atoms with Gasteiger partial charge in [0, 0.05) is 17.7 Å². The van der Waals surface area contributed by atoms with Crippen molar-refractivity contribution in [3.05, 3.63) is 81.4 Å². The average molecular weight is 380 g/mol. The van der Waals surface area contributed by atoms with Crippen LogP contribution in [0.15, 0.2) is 65.7 Å². The molecule has 0 fully saturated rings. The van der Waals surface area contributed by atoms with Crippen molar-refractivity contribution in [3.8, 4) is 17.0 Å². The van der Waals surface area contributed by atoms with Gasteiger partial charge in [0.05, 0.1) is 24.1 Å². The fourth-order valence-corrected chi connectivity index (χ4v) is 2.63. The summed E-state index contributed by atoms with van der Waals surface area (Å²) in [5.74, 6) is -0.00970. The Morgan fingerprint density at radius 2 is 1.93 bits per heavy atom. The van der Waals surface area contributed by atoms with E-state index in [0.29, 0.717) is 17.0 Å². The SMILES string of the molecule is COc1ccccc1-c1cc(=O)n(CC(=O)Nc2ccccc2[N+](=O)[O-])cn1. The number of amides is 1. The highest BCUT2D eigenvalue weighted by atomic mass is 16.6. The van der Waals surface area contributed by atoms with Crippen LogP contribution in [0.2, 0.25) is 0 Å². The van der Waals surface area contributed by atoms with Crippen LogP contribution in [0, 0.1) is 10.1 Å². The molecule has 3 rings (SSSR count). The predicted octanol–water partition coefficient (Wildman–Crippen LogP) is 2.47. The summed E-state index contributed by atoms with van der Waals surface area (Å²) in [5, 5.41) is 13.5. The quantitative estimate of drug-likeness (QED) is 0.519. The molecule has 0 aliphatic rings. The minimum atomic E-state index is -0.592. The Hall–Kier alpha value is -4.01. The van der Waals surface area contributed by atoms with Crippen LogP contribution in [0.1, 0.15) is 0 Å². The van der Waals surface area contributed by atoms with Crippen LogP contribution in [0.3, 0.4) is 0 Å². The summed E-state index contributed by atoms with van der Waals surface area (Å²) in [7, 11) is 1.52. The molecule has 142 valence electrons. The summed E-state index contributed by atoms with van der Waals surface area (Å²) in [6.45, 7) is -0.329. The summed E-state index contributed by atoms with van der Waals surface area (Å²) < 4.78 is 6.38. The molecule has 0 bridgehead atoms. The maximum atomic E-state index is 12.4. The van der Waals surface area contributed by atoms with Crippen molar-refractivity contribution in [2.75, 3.05) is 12.4 Å². The van der Waals surface area contributed by atoms with Gasteiger partial charge in [-0.1, -0.05) is 24.3 Å². The highest BCUT2D eigenvalue weighted by Crippen LogP contribution is 2.27. The highest BCUT2D eigenvalue weighted by molar-refractivity contribution is 5.92. The Labute approximate surface area is 159 Å². The fourth-order valence-electron chi connectivity index (χ4n) is 2.63.